The first-order chi connectivity index (χ1) is 9.74. The van der Waals surface area contributed by atoms with Crippen molar-refractivity contribution in [2.75, 3.05) is 13.2 Å². The Morgan fingerprint density at radius 2 is 2.05 bits per heavy atom. The van der Waals surface area contributed by atoms with Crippen LogP contribution in [0, 0.1) is 0 Å². The van der Waals surface area contributed by atoms with E-state index in [1.165, 1.54) is 0 Å². The molecule has 0 atom stereocenters. The van der Waals surface area contributed by atoms with Crippen molar-refractivity contribution in [3.05, 3.63) is 22.9 Å². The van der Waals surface area contributed by atoms with Crippen LogP contribution in [-0.4, -0.2) is 35.4 Å². The molecule has 1 aromatic heterocycles. The van der Waals surface area contributed by atoms with E-state index in [0.29, 0.717) is 13.2 Å². The summed E-state index contributed by atoms with van der Waals surface area (Å²) < 4.78 is 11.1. The highest BCUT2D eigenvalue weighted by molar-refractivity contribution is 5.90. The van der Waals surface area contributed by atoms with Gasteiger partial charge in [-0.15, -0.1) is 0 Å². The van der Waals surface area contributed by atoms with E-state index in [4.69, 9.17) is 9.47 Å². The highest BCUT2D eigenvalue weighted by atomic mass is 16.5. The van der Waals surface area contributed by atoms with Gasteiger partial charge in [-0.05, 0) is 37.3 Å². The minimum Gasteiger partial charge on any atom is -0.477 e. The van der Waals surface area contributed by atoms with Gasteiger partial charge in [0.2, 0.25) is 5.88 Å². The van der Waals surface area contributed by atoms with Crippen LogP contribution in [0.4, 0.5) is 0 Å². The standard InChI is InChI=1S/C15H19NO4/c17-15(18)12-9-10-3-1-2-4-13(10)16-14(12)20-11-5-7-19-8-6-11/h9,11H,1-8H2,(H,17,18). The summed E-state index contributed by atoms with van der Waals surface area (Å²) >= 11 is 0. The first-order valence-corrected chi connectivity index (χ1v) is 7.24. The van der Waals surface area contributed by atoms with E-state index in [0.717, 1.165) is 49.8 Å². The Kier molecular flexibility index (Phi) is 3.87. The van der Waals surface area contributed by atoms with Crippen molar-refractivity contribution in [3.63, 3.8) is 0 Å². The molecule has 0 saturated carbocycles. The Morgan fingerprint density at radius 3 is 2.80 bits per heavy atom. The number of aromatic nitrogens is 1. The van der Waals surface area contributed by atoms with Crippen LogP contribution in [0.5, 0.6) is 5.88 Å². The second-order valence-electron chi connectivity index (χ2n) is 5.39. The third-order valence-corrected chi connectivity index (χ3v) is 3.94. The SMILES string of the molecule is O=C(O)c1cc2c(nc1OC1CCOCC1)CCCC2. The summed E-state index contributed by atoms with van der Waals surface area (Å²) in [5, 5.41) is 9.35. The number of fused-ring (bicyclic) bond motifs is 1. The van der Waals surface area contributed by atoms with E-state index < -0.39 is 5.97 Å². The summed E-state index contributed by atoms with van der Waals surface area (Å²) in [6.07, 6.45) is 5.64. The van der Waals surface area contributed by atoms with Gasteiger partial charge in [0.1, 0.15) is 11.7 Å². The molecule has 1 aromatic rings. The molecule has 20 heavy (non-hydrogen) atoms. The molecule has 3 rings (SSSR count). The van der Waals surface area contributed by atoms with Crippen molar-refractivity contribution in [2.24, 2.45) is 0 Å². The number of carboxylic acid groups (broad SMARTS) is 1. The van der Waals surface area contributed by atoms with E-state index in [1.807, 2.05) is 0 Å². The Balaban J connectivity index is 1.88. The van der Waals surface area contributed by atoms with Crippen molar-refractivity contribution >= 4 is 5.97 Å². The number of ether oxygens (including phenoxy) is 2. The maximum atomic E-state index is 11.4. The number of aryl methyl sites for hydroxylation is 2. The molecular weight excluding hydrogens is 258 g/mol. The summed E-state index contributed by atoms with van der Waals surface area (Å²) in [6, 6.07) is 1.75. The lowest BCUT2D eigenvalue weighted by atomic mass is 9.95. The molecule has 0 radical (unpaired) electrons. The lowest BCUT2D eigenvalue weighted by molar-refractivity contribution is 0.0228. The maximum Gasteiger partial charge on any atom is 0.341 e. The fraction of sp³-hybridized carbons (Fsp3) is 0.600. The number of hydrogen-bond acceptors (Lipinski definition) is 4. The largest absolute Gasteiger partial charge is 0.477 e. The molecule has 0 aromatic carbocycles. The number of carboxylic acids is 1. The van der Waals surface area contributed by atoms with Gasteiger partial charge in [-0.2, -0.15) is 0 Å². The number of hydrogen-bond donors (Lipinski definition) is 1. The maximum absolute atomic E-state index is 11.4. The van der Waals surface area contributed by atoms with Crippen LogP contribution in [0.15, 0.2) is 6.07 Å². The highest BCUT2D eigenvalue weighted by Crippen LogP contribution is 2.27. The second-order valence-corrected chi connectivity index (χ2v) is 5.39. The fourth-order valence-electron chi connectivity index (χ4n) is 2.81. The third-order valence-electron chi connectivity index (χ3n) is 3.94. The Morgan fingerprint density at radius 1 is 1.30 bits per heavy atom. The predicted molar refractivity (Wildman–Crippen MR) is 72.3 cm³/mol. The van der Waals surface area contributed by atoms with Crippen molar-refractivity contribution in [3.8, 4) is 5.88 Å². The smallest absolute Gasteiger partial charge is 0.341 e. The van der Waals surface area contributed by atoms with Crippen molar-refractivity contribution in [2.45, 2.75) is 44.6 Å². The molecule has 0 spiro atoms. The van der Waals surface area contributed by atoms with Crippen molar-refractivity contribution < 1.29 is 19.4 Å². The zero-order valence-electron chi connectivity index (χ0n) is 11.4. The molecule has 108 valence electrons. The molecule has 1 fully saturated rings. The van der Waals surface area contributed by atoms with E-state index in [1.54, 1.807) is 6.07 Å². The number of nitrogens with zero attached hydrogens (tertiary/aromatic N) is 1. The summed E-state index contributed by atoms with van der Waals surface area (Å²) in [7, 11) is 0. The molecular formula is C15H19NO4. The molecule has 0 bridgehead atoms. The zero-order chi connectivity index (χ0) is 13.9. The molecule has 5 heteroatoms. The second kappa shape index (κ2) is 5.79. The molecule has 1 aliphatic heterocycles. The molecule has 1 aliphatic carbocycles. The minimum absolute atomic E-state index is 0.0102. The lowest BCUT2D eigenvalue weighted by Gasteiger charge is -2.24. The minimum atomic E-state index is -0.965. The molecule has 2 aliphatic rings. The number of pyridine rings is 1. The van der Waals surface area contributed by atoms with Gasteiger partial charge in [-0.1, -0.05) is 0 Å². The molecule has 0 unspecified atom stereocenters. The van der Waals surface area contributed by atoms with Crippen LogP contribution in [0.2, 0.25) is 0 Å². The van der Waals surface area contributed by atoms with Crippen LogP contribution < -0.4 is 4.74 Å². The highest BCUT2D eigenvalue weighted by Gasteiger charge is 2.23. The van der Waals surface area contributed by atoms with Gasteiger partial charge in [0.15, 0.2) is 0 Å². The van der Waals surface area contributed by atoms with Gasteiger partial charge in [-0.3, -0.25) is 0 Å². The first kappa shape index (κ1) is 13.4. The summed E-state index contributed by atoms with van der Waals surface area (Å²) in [6.45, 7) is 1.33. The Labute approximate surface area is 117 Å². The van der Waals surface area contributed by atoms with Crippen molar-refractivity contribution in [1.82, 2.24) is 4.98 Å². The van der Waals surface area contributed by atoms with Crippen LogP contribution in [0.3, 0.4) is 0 Å². The third kappa shape index (κ3) is 2.77. The van der Waals surface area contributed by atoms with Crippen LogP contribution in [0.1, 0.15) is 47.3 Å². The topological polar surface area (TPSA) is 68.7 Å². The van der Waals surface area contributed by atoms with E-state index in [2.05, 4.69) is 4.98 Å². The number of carbonyl (C=O) groups is 1. The Hall–Kier alpha value is -1.62. The van der Waals surface area contributed by atoms with Gasteiger partial charge in [0.25, 0.3) is 0 Å². The predicted octanol–water partition coefficient (Wildman–Crippen LogP) is 2.22. The molecule has 1 N–H and O–H groups in total. The monoisotopic (exact) mass is 277 g/mol. The zero-order valence-corrected chi connectivity index (χ0v) is 11.4. The van der Waals surface area contributed by atoms with Crippen LogP contribution in [0.25, 0.3) is 0 Å². The summed E-state index contributed by atoms with van der Waals surface area (Å²) in [5.41, 5.74) is 2.26. The van der Waals surface area contributed by atoms with E-state index in [-0.39, 0.29) is 17.5 Å². The fourth-order valence-corrected chi connectivity index (χ4v) is 2.81. The Bertz CT molecular complexity index is 509. The molecule has 0 amide bonds. The van der Waals surface area contributed by atoms with Gasteiger partial charge in [0, 0.05) is 18.5 Å². The van der Waals surface area contributed by atoms with Gasteiger partial charge >= 0.3 is 5.97 Å². The van der Waals surface area contributed by atoms with Gasteiger partial charge < -0.3 is 14.6 Å². The quantitative estimate of drug-likeness (QED) is 0.917. The molecule has 1 saturated heterocycles. The number of aromatic carboxylic acids is 1. The van der Waals surface area contributed by atoms with Crippen LogP contribution in [-0.2, 0) is 17.6 Å². The van der Waals surface area contributed by atoms with E-state index >= 15 is 0 Å². The average molecular weight is 277 g/mol. The first-order valence-electron chi connectivity index (χ1n) is 7.24. The van der Waals surface area contributed by atoms with Gasteiger partial charge in [0.05, 0.1) is 13.2 Å². The average Bonchev–Trinajstić information content (AvgIpc) is 2.47. The summed E-state index contributed by atoms with van der Waals surface area (Å²) in [4.78, 5) is 15.9. The van der Waals surface area contributed by atoms with Gasteiger partial charge in [-0.25, -0.2) is 9.78 Å². The number of rotatable bonds is 3. The molecule has 5 nitrogen and oxygen atoms in total. The van der Waals surface area contributed by atoms with Crippen molar-refractivity contribution in [1.29, 1.82) is 0 Å². The van der Waals surface area contributed by atoms with Crippen LogP contribution >= 0.6 is 0 Å². The van der Waals surface area contributed by atoms with E-state index in [9.17, 15) is 9.90 Å². The molecule has 2 heterocycles. The normalized spacial score (nSPS) is 19.4. The lowest BCUT2D eigenvalue weighted by Crippen LogP contribution is -2.27. The summed E-state index contributed by atoms with van der Waals surface area (Å²) in [5.74, 6) is -0.682.